The number of fused-ring (bicyclic) bond motifs is 2. The maximum absolute atomic E-state index is 13.8. The average Bonchev–Trinajstić information content (AvgIpc) is 3.21. The van der Waals surface area contributed by atoms with Crippen molar-refractivity contribution in [3.63, 3.8) is 0 Å². The Bertz CT molecular complexity index is 1360. The smallest absolute Gasteiger partial charge is 0.254 e. The third-order valence-corrected chi connectivity index (χ3v) is 9.14. The SMILES string of the molecule is Cc1cc(C)c(CN2CCc3c(C#N)c4c(c(C)c3C2=O)O[C@@](C)(C2CCC(N(C)C)CC2)C4)c(=O)[nH]1. The van der Waals surface area contributed by atoms with Gasteiger partial charge in [0, 0.05) is 41.4 Å². The number of amides is 1. The average molecular weight is 503 g/mol. The lowest BCUT2D eigenvalue weighted by molar-refractivity contribution is 0.0157. The molecule has 3 aliphatic rings. The van der Waals surface area contributed by atoms with Crippen LogP contribution in [0.5, 0.6) is 5.75 Å². The van der Waals surface area contributed by atoms with Gasteiger partial charge in [0.25, 0.3) is 11.5 Å². The van der Waals surface area contributed by atoms with Crippen molar-refractivity contribution in [2.75, 3.05) is 20.6 Å². The summed E-state index contributed by atoms with van der Waals surface area (Å²) in [5.41, 5.74) is 5.65. The van der Waals surface area contributed by atoms with Gasteiger partial charge in [-0.15, -0.1) is 0 Å². The second-order valence-corrected chi connectivity index (χ2v) is 11.8. The Morgan fingerprint density at radius 3 is 2.49 bits per heavy atom. The van der Waals surface area contributed by atoms with Gasteiger partial charge in [0.1, 0.15) is 11.4 Å². The first-order valence-electron chi connectivity index (χ1n) is 13.5. The summed E-state index contributed by atoms with van der Waals surface area (Å²) in [6.07, 6.45) is 5.82. The van der Waals surface area contributed by atoms with Crippen LogP contribution >= 0.6 is 0 Å². The van der Waals surface area contributed by atoms with E-state index in [1.54, 1.807) is 4.90 Å². The topological polar surface area (TPSA) is 89.4 Å². The number of benzene rings is 1. The van der Waals surface area contributed by atoms with Gasteiger partial charge in [-0.3, -0.25) is 9.59 Å². The van der Waals surface area contributed by atoms with Gasteiger partial charge in [0.05, 0.1) is 23.7 Å². The zero-order valence-electron chi connectivity index (χ0n) is 23.0. The fourth-order valence-electron chi connectivity index (χ4n) is 6.95. The molecule has 1 aliphatic carbocycles. The van der Waals surface area contributed by atoms with Gasteiger partial charge < -0.3 is 19.5 Å². The molecule has 0 bridgehead atoms. The van der Waals surface area contributed by atoms with Crippen LogP contribution in [0.15, 0.2) is 10.9 Å². The summed E-state index contributed by atoms with van der Waals surface area (Å²) < 4.78 is 6.73. The molecule has 0 radical (unpaired) electrons. The Kier molecular flexibility index (Phi) is 6.44. The van der Waals surface area contributed by atoms with E-state index >= 15 is 0 Å². The Morgan fingerprint density at radius 1 is 1.16 bits per heavy atom. The van der Waals surface area contributed by atoms with Crippen LogP contribution in [0.1, 0.15) is 82.0 Å². The minimum absolute atomic E-state index is 0.124. The van der Waals surface area contributed by atoms with Crippen LogP contribution in [0.4, 0.5) is 0 Å². The van der Waals surface area contributed by atoms with Gasteiger partial charge in [0.2, 0.25) is 0 Å². The first-order valence-corrected chi connectivity index (χ1v) is 13.5. The predicted octanol–water partition coefficient (Wildman–Crippen LogP) is 4.18. The molecule has 1 atom stereocenters. The van der Waals surface area contributed by atoms with E-state index in [0.29, 0.717) is 48.0 Å². The van der Waals surface area contributed by atoms with Gasteiger partial charge in [0.15, 0.2) is 0 Å². The minimum atomic E-state index is -0.366. The van der Waals surface area contributed by atoms with E-state index in [1.165, 1.54) is 0 Å². The largest absolute Gasteiger partial charge is 0.486 e. The van der Waals surface area contributed by atoms with Crippen LogP contribution in [0.25, 0.3) is 0 Å². The normalized spacial score (nSPS) is 25.0. The molecule has 37 heavy (non-hydrogen) atoms. The van der Waals surface area contributed by atoms with Crippen molar-refractivity contribution >= 4 is 5.91 Å². The molecule has 7 nitrogen and oxygen atoms in total. The molecular weight excluding hydrogens is 464 g/mol. The molecule has 7 heteroatoms. The lowest BCUT2D eigenvalue weighted by Gasteiger charge is -2.40. The van der Waals surface area contributed by atoms with Crippen LogP contribution < -0.4 is 10.3 Å². The van der Waals surface area contributed by atoms with E-state index in [4.69, 9.17) is 4.74 Å². The van der Waals surface area contributed by atoms with Crippen molar-refractivity contribution in [1.82, 2.24) is 14.8 Å². The van der Waals surface area contributed by atoms with Crippen molar-refractivity contribution in [2.24, 2.45) is 5.92 Å². The first kappa shape index (κ1) is 25.5. The van der Waals surface area contributed by atoms with Gasteiger partial charge in [-0.25, -0.2) is 0 Å². The number of hydrogen-bond acceptors (Lipinski definition) is 5. The third-order valence-electron chi connectivity index (χ3n) is 9.14. The number of aromatic nitrogens is 1. The van der Waals surface area contributed by atoms with Crippen LogP contribution in [0, 0.1) is 38.0 Å². The van der Waals surface area contributed by atoms with E-state index in [9.17, 15) is 14.9 Å². The summed E-state index contributed by atoms with van der Waals surface area (Å²) in [6.45, 7) is 8.65. The minimum Gasteiger partial charge on any atom is -0.486 e. The van der Waals surface area contributed by atoms with Gasteiger partial charge in [-0.05, 0) is 97.0 Å². The second-order valence-electron chi connectivity index (χ2n) is 11.8. The molecule has 0 saturated heterocycles. The summed E-state index contributed by atoms with van der Waals surface area (Å²) in [6, 6.07) is 4.99. The molecule has 2 aromatic rings. The number of carbonyl (C=O) groups is 1. The Labute approximate surface area is 219 Å². The van der Waals surface area contributed by atoms with E-state index in [0.717, 1.165) is 59.4 Å². The number of rotatable bonds is 4. The van der Waals surface area contributed by atoms with Crippen molar-refractivity contribution in [3.8, 4) is 11.8 Å². The predicted molar refractivity (Wildman–Crippen MR) is 143 cm³/mol. The van der Waals surface area contributed by atoms with E-state index in [1.807, 2.05) is 26.8 Å². The molecule has 0 unspecified atom stereocenters. The number of nitriles is 1. The number of nitrogens with zero attached hydrogens (tertiary/aromatic N) is 3. The van der Waals surface area contributed by atoms with Gasteiger partial charge in [-0.2, -0.15) is 5.26 Å². The zero-order valence-corrected chi connectivity index (χ0v) is 23.0. The molecule has 1 aromatic carbocycles. The van der Waals surface area contributed by atoms with Crippen LogP contribution in [-0.4, -0.2) is 53.0 Å². The first-order chi connectivity index (χ1) is 17.5. The van der Waals surface area contributed by atoms with E-state index in [2.05, 4.69) is 37.0 Å². The molecule has 3 heterocycles. The number of hydrogen-bond donors (Lipinski definition) is 1. The summed E-state index contributed by atoms with van der Waals surface area (Å²) in [7, 11) is 4.30. The molecular formula is C30H38N4O3. The number of H-pyrrole nitrogens is 1. The molecule has 1 aromatic heterocycles. The number of aromatic amines is 1. The zero-order chi connectivity index (χ0) is 26.6. The number of aryl methyl sites for hydroxylation is 2. The highest BCUT2D eigenvalue weighted by Crippen LogP contribution is 2.49. The lowest BCUT2D eigenvalue weighted by Crippen LogP contribution is -2.44. The standard InChI is InChI=1S/C30H38N4O3/c1-17-13-18(2)32-28(35)25(17)16-34-12-11-22-24(15-31)23-14-30(4,20-7-9-21(10-8-20)33(5)6)37-27(23)19(3)26(22)29(34)36/h13,20-21H,7-12,14,16H2,1-6H3,(H,32,35)/t20?,21?,30-/m1/s1. The monoisotopic (exact) mass is 502 g/mol. The van der Waals surface area contributed by atoms with Crippen LogP contribution in [-0.2, 0) is 19.4 Å². The molecule has 1 saturated carbocycles. The summed E-state index contributed by atoms with van der Waals surface area (Å²) in [5, 5.41) is 10.2. The maximum Gasteiger partial charge on any atom is 0.254 e. The summed E-state index contributed by atoms with van der Waals surface area (Å²) in [4.78, 5) is 33.4. The lowest BCUT2D eigenvalue weighted by atomic mass is 9.73. The fourth-order valence-corrected chi connectivity index (χ4v) is 6.95. The fraction of sp³-hybridized carbons (Fsp3) is 0.567. The third kappa shape index (κ3) is 4.25. The molecule has 2 aliphatic heterocycles. The molecule has 0 spiro atoms. The highest BCUT2D eigenvalue weighted by molar-refractivity contribution is 6.00. The van der Waals surface area contributed by atoms with E-state index in [-0.39, 0.29) is 23.6 Å². The summed E-state index contributed by atoms with van der Waals surface area (Å²) >= 11 is 0. The molecule has 5 rings (SSSR count). The van der Waals surface area contributed by atoms with Crippen molar-refractivity contribution < 1.29 is 9.53 Å². The van der Waals surface area contributed by atoms with Gasteiger partial charge in [-0.1, -0.05) is 0 Å². The number of carbonyl (C=O) groups excluding carboxylic acids is 1. The van der Waals surface area contributed by atoms with Crippen LogP contribution in [0.2, 0.25) is 0 Å². The molecule has 1 fully saturated rings. The maximum atomic E-state index is 13.8. The molecule has 1 N–H and O–H groups in total. The van der Waals surface area contributed by atoms with Crippen LogP contribution in [0.3, 0.4) is 0 Å². The highest BCUT2D eigenvalue weighted by Gasteiger charge is 2.47. The summed E-state index contributed by atoms with van der Waals surface area (Å²) in [5.74, 6) is 1.02. The second kappa shape index (κ2) is 9.33. The van der Waals surface area contributed by atoms with E-state index < -0.39 is 0 Å². The number of pyridine rings is 1. The molecule has 196 valence electrons. The van der Waals surface area contributed by atoms with Gasteiger partial charge >= 0.3 is 0 Å². The quantitative estimate of drug-likeness (QED) is 0.677. The highest BCUT2D eigenvalue weighted by atomic mass is 16.5. The van der Waals surface area contributed by atoms with Crippen molar-refractivity contribution in [1.29, 1.82) is 5.26 Å². The number of ether oxygens (including phenoxy) is 1. The van der Waals surface area contributed by atoms with Crippen molar-refractivity contribution in [3.05, 3.63) is 61.1 Å². The Balaban J connectivity index is 1.46. The van der Waals surface area contributed by atoms with Crippen molar-refractivity contribution in [2.45, 2.75) is 84.4 Å². The molecule has 1 amide bonds. The Morgan fingerprint density at radius 2 is 1.86 bits per heavy atom. The Hall–Kier alpha value is -3.11. The number of nitrogens with one attached hydrogen (secondary N) is 1.